The number of rotatable bonds is 2. The van der Waals surface area contributed by atoms with Crippen LogP contribution in [-0.2, 0) is 5.60 Å². The van der Waals surface area contributed by atoms with Crippen LogP contribution in [0.4, 0.5) is 0 Å². The molecule has 1 aromatic rings. The van der Waals surface area contributed by atoms with Crippen LogP contribution in [0, 0.1) is 0 Å². The van der Waals surface area contributed by atoms with E-state index in [0.29, 0.717) is 24.4 Å². The minimum absolute atomic E-state index is 0.185. The Labute approximate surface area is 124 Å². The summed E-state index contributed by atoms with van der Waals surface area (Å²) in [6.07, 6.45) is 1.09. The van der Waals surface area contributed by atoms with E-state index in [1.807, 2.05) is 24.3 Å². The maximum atomic E-state index is 10.8. The normalized spacial score (nSPS) is 30.6. The number of β-amino-alcohol motifs (C(OH)–C–C–N with tert-alkyl or cyclic N) is 1. The number of benzene rings is 1. The maximum Gasteiger partial charge on any atom is 0.0920 e. The van der Waals surface area contributed by atoms with Gasteiger partial charge in [-0.1, -0.05) is 23.7 Å². The van der Waals surface area contributed by atoms with Crippen molar-refractivity contribution >= 4 is 11.6 Å². The number of hydrogen-bond acceptors (Lipinski definition) is 4. The van der Waals surface area contributed by atoms with Crippen LogP contribution < -0.4 is 5.32 Å². The van der Waals surface area contributed by atoms with Crippen molar-refractivity contribution in [3.63, 3.8) is 0 Å². The number of aliphatic hydroxyl groups is 2. The van der Waals surface area contributed by atoms with Crippen LogP contribution in [-0.4, -0.2) is 53.4 Å². The van der Waals surface area contributed by atoms with Crippen LogP contribution in [0.1, 0.15) is 18.4 Å². The Kier molecular flexibility index (Phi) is 4.02. The highest BCUT2D eigenvalue weighted by molar-refractivity contribution is 6.30. The van der Waals surface area contributed by atoms with E-state index in [-0.39, 0.29) is 12.1 Å². The number of piperidine rings is 1. The van der Waals surface area contributed by atoms with Gasteiger partial charge in [-0.25, -0.2) is 0 Å². The Balaban J connectivity index is 1.66. The predicted octanol–water partition coefficient (Wildman–Crippen LogP) is 0.956. The molecule has 0 aromatic heterocycles. The van der Waals surface area contributed by atoms with Gasteiger partial charge in [0.15, 0.2) is 0 Å². The minimum atomic E-state index is -0.766. The molecule has 0 radical (unpaired) electrons. The summed E-state index contributed by atoms with van der Waals surface area (Å²) in [7, 11) is 0. The molecule has 4 nitrogen and oxygen atoms in total. The zero-order chi connectivity index (χ0) is 14.2. The molecule has 20 heavy (non-hydrogen) atoms. The van der Waals surface area contributed by atoms with Crippen molar-refractivity contribution in [1.82, 2.24) is 10.2 Å². The molecular weight excluding hydrogens is 276 g/mol. The van der Waals surface area contributed by atoms with Gasteiger partial charge in [0.1, 0.15) is 0 Å². The lowest BCUT2D eigenvalue weighted by molar-refractivity contribution is -0.0450. The molecule has 0 saturated carbocycles. The molecule has 110 valence electrons. The molecule has 0 aliphatic carbocycles. The Morgan fingerprint density at radius 3 is 2.35 bits per heavy atom. The first-order chi connectivity index (χ1) is 9.58. The fraction of sp³-hybridized carbons (Fsp3) is 0.600. The van der Waals surface area contributed by atoms with E-state index in [1.165, 1.54) is 0 Å². The highest BCUT2D eigenvalue weighted by Crippen LogP contribution is 2.34. The Morgan fingerprint density at radius 1 is 1.15 bits per heavy atom. The average molecular weight is 297 g/mol. The number of aliphatic hydroxyl groups excluding tert-OH is 1. The highest BCUT2D eigenvalue weighted by atomic mass is 35.5. The van der Waals surface area contributed by atoms with Crippen molar-refractivity contribution in [2.45, 2.75) is 30.6 Å². The van der Waals surface area contributed by atoms with E-state index in [1.54, 1.807) is 0 Å². The zero-order valence-electron chi connectivity index (χ0n) is 11.4. The van der Waals surface area contributed by atoms with E-state index >= 15 is 0 Å². The summed E-state index contributed by atoms with van der Waals surface area (Å²) in [5, 5.41) is 24.6. The van der Waals surface area contributed by atoms with E-state index in [4.69, 9.17) is 11.6 Å². The van der Waals surface area contributed by atoms with E-state index in [2.05, 4.69) is 10.2 Å². The van der Waals surface area contributed by atoms with Gasteiger partial charge in [0, 0.05) is 37.2 Å². The smallest absolute Gasteiger partial charge is 0.0920 e. The predicted molar refractivity (Wildman–Crippen MR) is 78.8 cm³/mol. The summed E-state index contributed by atoms with van der Waals surface area (Å²) in [5.74, 6) is 0. The lowest BCUT2D eigenvalue weighted by atomic mass is 9.84. The molecule has 2 atom stereocenters. The fourth-order valence-electron chi connectivity index (χ4n) is 3.30. The third-order valence-corrected chi connectivity index (χ3v) is 4.88. The largest absolute Gasteiger partial charge is 0.390 e. The number of nitrogens with zero attached hydrogens (tertiary/aromatic N) is 1. The number of nitrogens with one attached hydrogen (secondary N) is 1. The van der Waals surface area contributed by atoms with E-state index < -0.39 is 5.60 Å². The topological polar surface area (TPSA) is 55.7 Å². The minimum Gasteiger partial charge on any atom is -0.390 e. The van der Waals surface area contributed by atoms with Crippen molar-refractivity contribution < 1.29 is 10.2 Å². The number of halogens is 1. The monoisotopic (exact) mass is 296 g/mol. The third kappa shape index (κ3) is 2.71. The fourth-order valence-corrected chi connectivity index (χ4v) is 3.42. The summed E-state index contributed by atoms with van der Waals surface area (Å²) in [6.45, 7) is 3.12. The first-order valence-electron chi connectivity index (χ1n) is 7.20. The second-order valence-corrected chi connectivity index (χ2v) is 6.30. The molecule has 0 amide bonds. The van der Waals surface area contributed by atoms with Gasteiger partial charge >= 0.3 is 0 Å². The molecule has 2 aliphatic heterocycles. The van der Waals surface area contributed by atoms with Crippen LogP contribution in [0.3, 0.4) is 0 Å². The Hall–Kier alpha value is -0.650. The summed E-state index contributed by atoms with van der Waals surface area (Å²) in [4.78, 5) is 2.29. The van der Waals surface area contributed by atoms with Crippen LogP contribution in [0.2, 0.25) is 5.02 Å². The van der Waals surface area contributed by atoms with E-state index in [0.717, 1.165) is 25.2 Å². The number of hydrogen-bond donors (Lipinski definition) is 3. The van der Waals surface area contributed by atoms with Gasteiger partial charge in [-0.3, -0.25) is 4.90 Å². The highest BCUT2D eigenvalue weighted by Gasteiger charge is 2.38. The molecule has 1 aromatic carbocycles. The van der Waals surface area contributed by atoms with Gasteiger partial charge in [0.2, 0.25) is 0 Å². The van der Waals surface area contributed by atoms with Crippen LogP contribution in [0.5, 0.6) is 0 Å². The number of likely N-dealkylation sites (tertiary alicyclic amines) is 1. The van der Waals surface area contributed by atoms with Gasteiger partial charge in [0.25, 0.3) is 0 Å². The summed E-state index contributed by atoms with van der Waals surface area (Å²) < 4.78 is 0. The summed E-state index contributed by atoms with van der Waals surface area (Å²) in [5.41, 5.74) is 0.171. The second-order valence-electron chi connectivity index (χ2n) is 5.87. The molecule has 3 N–H and O–H groups in total. The molecule has 0 unspecified atom stereocenters. The third-order valence-electron chi connectivity index (χ3n) is 4.63. The van der Waals surface area contributed by atoms with Crippen molar-refractivity contribution in [2.75, 3.05) is 26.2 Å². The Bertz CT molecular complexity index is 457. The SMILES string of the molecule is O[C@@H]1CNC[C@H]1N1CCC(O)(c2ccc(Cl)cc2)CC1. The van der Waals surface area contributed by atoms with Gasteiger partial charge < -0.3 is 15.5 Å². The molecule has 0 spiro atoms. The average Bonchev–Trinajstić information content (AvgIpc) is 2.87. The van der Waals surface area contributed by atoms with Gasteiger partial charge in [-0.15, -0.1) is 0 Å². The first-order valence-corrected chi connectivity index (χ1v) is 7.57. The summed E-state index contributed by atoms with van der Waals surface area (Å²) in [6, 6.07) is 7.65. The van der Waals surface area contributed by atoms with Crippen LogP contribution >= 0.6 is 11.6 Å². The second kappa shape index (κ2) is 5.62. The van der Waals surface area contributed by atoms with Crippen molar-refractivity contribution in [1.29, 1.82) is 0 Å². The zero-order valence-corrected chi connectivity index (χ0v) is 12.2. The molecule has 3 rings (SSSR count). The molecule has 0 bridgehead atoms. The molecule has 2 aliphatic rings. The summed E-state index contributed by atoms with van der Waals surface area (Å²) >= 11 is 5.90. The standard InChI is InChI=1S/C15H21ClN2O2/c16-12-3-1-11(2-4-12)15(20)5-7-18(8-6-15)13-9-17-10-14(13)19/h1-4,13-14,17,19-20H,5-10H2/t13-,14-/m1/s1. The molecule has 2 fully saturated rings. The lowest BCUT2D eigenvalue weighted by Gasteiger charge is -2.41. The van der Waals surface area contributed by atoms with E-state index in [9.17, 15) is 10.2 Å². The van der Waals surface area contributed by atoms with Gasteiger partial charge in [-0.2, -0.15) is 0 Å². The van der Waals surface area contributed by atoms with Crippen LogP contribution in [0.25, 0.3) is 0 Å². The van der Waals surface area contributed by atoms with Crippen LogP contribution in [0.15, 0.2) is 24.3 Å². The molecule has 5 heteroatoms. The quantitative estimate of drug-likeness (QED) is 0.761. The Morgan fingerprint density at radius 2 is 1.80 bits per heavy atom. The molecular formula is C15H21ClN2O2. The van der Waals surface area contributed by atoms with Crippen molar-refractivity contribution in [3.05, 3.63) is 34.9 Å². The lowest BCUT2D eigenvalue weighted by Crippen LogP contribution is -2.50. The maximum absolute atomic E-state index is 10.8. The molecule has 2 saturated heterocycles. The molecule has 2 heterocycles. The van der Waals surface area contributed by atoms with Gasteiger partial charge in [0.05, 0.1) is 11.7 Å². The van der Waals surface area contributed by atoms with Crippen molar-refractivity contribution in [3.8, 4) is 0 Å². The van der Waals surface area contributed by atoms with Gasteiger partial charge in [-0.05, 0) is 30.5 Å². The first kappa shape index (κ1) is 14.3. The van der Waals surface area contributed by atoms with Crippen molar-refractivity contribution in [2.24, 2.45) is 0 Å².